The van der Waals surface area contributed by atoms with Gasteiger partial charge in [0.25, 0.3) is 0 Å². The molecule has 0 saturated carbocycles. The normalized spacial score (nSPS) is 18.0. The molecule has 1 heterocycles. The molecular formula is C25H23ClO6. The smallest absolute Gasteiger partial charge is 0.343 e. The summed E-state index contributed by atoms with van der Waals surface area (Å²) in [6, 6.07) is 10.2. The molecule has 0 amide bonds. The average molecular weight is 455 g/mol. The number of esters is 2. The highest BCUT2D eigenvalue weighted by Crippen LogP contribution is 2.39. The molecule has 1 aliphatic heterocycles. The molecule has 2 aromatic carbocycles. The average Bonchev–Trinajstić information content (AvgIpc) is 2.75. The molecule has 2 aromatic rings. The summed E-state index contributed by atoms with van der Waals surface area (Å²) in [7, 11) is 0. The van der Waals surface area contributed by atoms with Gasteiger partial charge < -0.3 is 19.7 Å². The van der Waals surface area contributed by atoms with E-state index < -0.39 is 29.5 Å². The van der Waals surface area contributed by atoms with E-state index in [0.717, 1.165) is 18.1 Å². The van der Waals surface area contributed by atoms with Crippen molar-refractivity contribution in [2.75, 3.05) is 0 Å². The molecule has 166 valence electrons. The van der Waals surface area contributed by atoms with E-state index in [1.54, 1.807) is 6.08 Å². The molecule has 2 N–H and O–H groups in total. The number of carbonyl (C=O) groups is 2. The number of fused-ring (bicyclic) bond motifs is 1. The SMILES string of the molecule is CC(=O)OC1=Cc2c(Cl)c(O)cc(O)c2C(=O)O[C@@H](c2ccccc2)C/C=C/CCC=C1. The van der Waals surface area contributed by atoms with Gasteiger partial charge in [0, 0.05) is 25.0 Å². The molecule has 6 nitrogen and oxygen atoms in total. The minimum atomic E-state index is -0.832. The van der Waals surface area contributed by atoms with Gasteiger partial charge in [-0.15, -0.1) is 0 Å². The van der Waals surface area contributed by atoms with Crippen LogP contribution in [0.25, 0.3) is 6.08 Å². The maximum atomic E-state index is 13.2. The number of hydrogen-bond acceptors (Lipinski definition) is 6. The molecule has 0 saturated heterocycles. The molecule has 0 fully saturated rings. The van der Waals surface area contributed by atoms with Crippen LogP contribution in [-0.4, -0.2) is 22.2 Å². The first-order valence-electron chi connectivity index (χ1n) is 10.1. The minimum Gasteiger partial charge on any atom is -0.507 e. The second-order valence-corrected chi connectivity index (χ2v) is 7.53. The van der Waals surface area contributed by atoms with E-state index >= 15 is 0 Å². The van der Waals surface area contributed by atoms with Crippen LogP contribution < -0.4 is 0 Å². The molecular weight excluding hydrogens is 432 g/mol. The van der Waals surface area contributed by atoms with Crippen LogP contribution in [0.15, 0.2) is 66.5 Å². The number of aromatic hydroxyl groups is 2. The summed E-state index contributed by atoms with van der Waals surface area (Å²) in [6.45, 7) is 1.24. The van der Waals surface area contributed by atoms with Crippen LogP contribution in [0, 0.1) is 0 Å². The lowest BCUT2D eigenvalue weighted by molar-refractivity contribution is -0.136. The van der Waals surface area contributed by atoms with Gasteiger partial charge in [-0.05, 0) is 30.6 Å². The van der Waals surface area contributed by atoms with Gasteiger partial charge in [-0.1, -0.05) is 60.2 Å². The fraction of sp³-hybridized carbons (Fsp3) is 0.200. The summed E-state index contributed by atoms with van der Waals surface area (Å²) in [5.41, 5.74) is 0.529. The number of benzene rings is 2. The summed E-state index contributed by atoms with van der Waals surface area (Å²) >= 11 is 6.27. The maximum absolute atomic E-state index is 13.2. The topological polar surface area (TPSA) is 93.1 Å². The van der Waals surface area contributed by atoms with E-state index in [4.69, 9.17) is 21.1 Å². The second-order valence-electron chi connectivity index (χ2n) is 7.15. The third-order valence-electron chi connectivity index (χ3n) is 4.73. The van der Waals surface area contributed by atoms with E-state index in [1.807, 2.05) is 48.6 Å². The van der Waals surface area contributed by atoms with Crippen LogP contribution in [0.1, 0.15) is 53.8 Å². The van der Waals surface area contributed by atoms with Gasteiger partial charge >= 0.3 is 11.9 Å². The van der Waals surface area contributed by atoms with Gasteiger partial charge in [0.1, 0.15) is 28.9 Å². The number of carbonyl (C=O) groups excluding carboxylic acids is 2. The Morgan fingerprint density at radius 3 is 2.53 bits per heavy atom. The molecule has 1 aliphatic rings. The lowest BCUT2D eigenvalue weighted by atomic mass is 10.0. The van der Waals surface area contributed by atoms with Crippen molar-refractivity contribution in [1.29, 1.82) is 0 Å². The number of phenols is 2. The third-order valence-corrected chi connectivity index (χ3v) is 5.13. The van der Waals surface area contributed by atoms with Crippen molar-refractivity contribution in [3.8, 4) is 11.5 Å². The van der Waals surface area contributed by atoms with E-state index in [0.29, 0.717) is 12.8 Å². The van der Waals surface area contributed by atoms with Crippen LogP contribution in [0.2, 0.25) is 5.02 Å². The monoisotopic (exact) mass is 454 g/mol. The molecule has 0 unspecified atom stereocenters. The molecule has 32 heavy (non-hydrogen) atoms. The minimum absolute atomic E-state index is 0.0190. The summed E-state index contributed by atoms with van der Waals surface area (Å²) < 4.78 is 11.0. The van der Waals surface area contributed by atoms with Crippen LogP contribution in [-0.2, 0) is 14.3 Å². The summed E-state index contributed by atoms with van der Waals surface area (Å²) in [4.78, 5) is 24.7. The highest BCUT2D eigenvalue weighted by atomic mass is 35.5. The predicted octanol–water partition coefficient (Wildman–Crippen LogP) is 5.85. The molecule has 0 aliphatic carbocycles. The Hall–Kier alpha value is -3.51. The van der Waals surface area contributed by atoms with Gasteiger partial charge in [-0.2, -0.15) is 0 Å². The zero-order chi connectivity index (χ0) is 23.1. The van der Waals surface area contributed by atoms with Gasteiger partial charge in [0.05, 0.1) is 5.02 Å². The number of hydrogen-bond donors (Lipinski definition) is 2. The molecule has 7 heteroatoms. The number of allylic oxidation sites excluding steroid dienone is 3. The summed E-state index contributed by atoms with van der Waals surface area (Å²) in [5.74, 6) is -2.25. The van der Waals surface area contributed by atoms with E-state index in [2.05, 4.69) is 0 Å². The van der Waals surface area contributed by atoms with E-state index in [1.165, 1.54) is 13.0 Å². The quantitative estimate of drug-likeness (QED) is 0.436. The van der Waals surface area contributed by atoms with Crippen molar-refractivity contribution in [2.24, 2.45) is 0 Å². The lowest BCUT2D eigenvalue weighted by Gasteiger charge is -2.19. The molecule has 3 rings (SSSR count). The first-order chi connectivity index (χ1) is 15.4. The summed E-state index contributed by atoms with van der Waals surface area (Å²) in [5, 5.41) is 20.4. The first kappa shape index (κ1) is 23.2. The Balaban J connectivity index is 2.15. The van der Waals surface area contributed by atoms with Crippen molar-refractivity contribution in [2.45, 2.75) is 32.3 Å². The largest absolute Gasteiger partial charge is 0.507 e. The van der Waals surface area contributed by atoms with Crippen molar-refractivity contribution < 1.29 is 29.3 Å². The lowest BCUT2D eigenvalue weighted by Crippen LogP contribution is -2.13. The Labute approximate surface area is 191 Å². The molecule has 1 atom stereocenters. The van der Waals surface area contributed by atoms with E-state index in [-0.39, 0.29) is 21.9 Å². The molecule has 0 aromatic heterocycles. The zero-order valence-corrected chi connectivity index (χ0v) is 18.2. The van der Waals surface area contributed by atoms with Gasteiger partial charge in [-0.3, -0.25) is 4.79 Å². The Morgan fingerprint density at radius 1 is 1.09 bits per heavy atom. The maximum Gasteiger partial charge on any atom is 0.343 e. The number of rotatable bonds is 2. The van der Waals surface area contributed by atoms with Crippen LogP contribution in [0.5, 0.6) is 11.5 Å². The zero-order valence-electron chi connectivity index (χ0n) is 17.5. The van der Waals surface area contributed by atoms with Crippen molar-refractivity contribution in [1.82, 2.24) is 0 Å². The van der Waals surface area contributed by atoms with Crippen molar-refractivity contribution in [3.63, 3.8) is 0 Å². The Morgan fingerprint density at radius 2 is 1.81 bits per heavy atom. The fourth-order valence-electron chi connectivity index (χ4n) is 3.26. The van der Waals surface area contributed by atoms with Crippen LogP contribution in [0.4, 0.5) is 0 Å². The molecule has 0 spiro atoms. The fourth-order valence-corrected chi connectivity index (χ4v) is 3.46. The highest BCUT2D eigenvalue weighted by Gasteiger charge is 2.26. The van der Waals surface area contributed by atoms with Crippen LogP contribution >= 0.6 is 11.6 Å². The van der Waals surface area contributed by atoms with Crippen LogP contribution in [0.3, 0.4) is 0 Å². The Kier molecular flexibility index (Phi) is 7.73. The second kappa shape index (κ2) is 10.7. The number of ether oxygens (including phenoxy) is 2. The highest BCUT2D eigenvalue weighted by molar-refractivity contribution is 6.34. The van der Waals surface area contributed by atoms with E-state index in [9.17, 15) is 19.8 Å². The number of cyclic esters (lactones) is 1. The van der Waals surface area contributed by atoms with Crippen molar-refractivity contribution in [3.05, 3.63) is 88.2 Å². The third kappa shape index (κ3) is 5.80. The number of halogens is 1. The van der Waals surface area contributed by atoms with Gasteiger partial charge in [-0.25, -0.2) is 4.79 Å². The predicted molar refractivity (Wildman–Crippen MR) is 121 cm³/mol. The van der Waals surface area contributed by atoms with Gasteiger partial charge in [0.2, 0.25) is 0 Å². The molecule has 0 radical (unpaired) electrons. The summed E-state index contributed by atoms with van der Waals surface area (Å²) in [6.07, 6.45) is 9.86. The van der Waals surface area contributed by atoms with Crippen molar-refractivity contribution >= 4 is 29.6 Å². The first-order valence-corrected chi connectivity index (χ1v) is 10.5. The standard InChI is InChI=1S/C25H23ClO6/c1-16(27)31-18-12-8-3-2-4-9-13-22(17-10-6-5-7-11-17)32-25(30)23-19(14-18)24(26)21(29)15-20(23)28/h4-12,14-15,22,28-29H,2-3,13H2,1H3/b9-4+,12-8?,18-14?/t22-/m1/s1. The van der Waals surface area contributed by atoms with Gasteiger partial charge in [0.15, 0.2) is 0 Å². The number of phenolic OH excluding ortho intramolecular Hbond substituents is 2. The molecule has 0 bridgehead atoms. The Bertz CT molecular complexity index is 1090.